The van der Waals surface area contributed by atoms with Gasteiger partial charge >= 0.3 is 12.1 Å². The average Bonchev–Trinajstić information content (AvgIpc) is 2.58. The smallest absolute Gasteiger partial charge is 0.416 e. The van der Waals surface area contributed by atoms with Crippen LogP contribution in [-0.2, 0) is 17.4 Å². The van der Waals surface area contributed by atoms with Crippen molar-refractivity contribution in [3.63, 3.8) is 0 Å². The number of alkyl halides is 3. The quantitative estimate of drug-likeness (QED) is 0.830. The predicted octanol–water partition coefficient (Wildman–Crippen LogP) is 2.81. The van der Waals surface area contributed by atoms with Crippen LogP contribution in [0.3, 0.4) is 0 Å². The summed E-state index contributed by atoms with van der Waals surface area (Å²) in [7, 11) is 0. The van der Waals surface area contributed by atoms with Crippen LogP contribution in [0.5, 0.6) is 0 Å². The molecule has 0 spiro atoms. The number of carbonyl (C=O) groups is 1. The van der Waals surface area contributed by atoms with Crippen molar-refractivity contribution in [3.05, 3.63) is 29.3 Å². The van der Waals surface area contributed by atoms with Crippen molar-refractivity contribution in [2.75, 3.05) is 0 Å². The van der Waals surface area contributed by atoms with Crippen LogP contribution < -0.4 is 0 Å². The highest BCUT2D eigenvalue weighted by Gasteiger charge is 2.34. The lowest BCUT2D eigenvalue weighted by Gasteiger charge is -2.07. The van der Waals surface area contributed by atoms with Gasteiger partial charge in [-0.25, -0.2) is 0 Å². The topological polar surface area (TPSA) is 37.3 Å². The van der Waals surface area contributed by atoms with Gasteiger partial charge < -0.3 is 5.11 Å². The van der Waals surface area contributed by atoms with Gasteiger partial charge in [-0.3, -0.25) is 4.79 Å². The second-order valence-electron chi connectivity index (χ2n) is 3.47. The van der Waals surface area contributed by atoms with Crippen LogP contribution in [0.1, 0.15) is 11.1 Å². The summed E-state index contributed by atoms with van der Waals surface area (Å²) in [6.45, 7) is 0. The Balaban J connectivity index is 2.31. The van der Waals surface area contributed by atoms with E-state index in [2.05, 4.69) is 0 Å². The molecule has 0 aliphatic carbocycles. The molecule has 16 heavy (non-hydrogen) atoms. The molecule has 1 aromatic rings. The summed E-state index contributed by atoms with van der Waals surface area (Å²) in [5, 5.41) is 8.10. The maximum atomic E-state index is 12.4. The standard InChI is InChI=1S/C10H7F3O2S/c11-10(12,13)6-2-1-5-3-8(9(14)15)16-7(5)4-6/h1-2,4,8H,3H2,(H,14,15). The molecular formula is C10H7F3O2S. The fourth-order valence-electron chi connectivity index (χ4n) is 1.54. The van der Waals surface area contributed by atoms with Gasteiger partial charge in [0, 0.05) is 4.90 Å². The molecule has 0 amide bonds. The number of hydrogen-bond acceptors (Lipinski definition) is 2. The highest BCUT2D eigenvalue weighted by atomic mass is 32.2. The Hall–Kier alpha value is -1.17. The molecule has 0 fully saturated rings. The molecule has 1 N–H and O–H groups in total. The van der Waals surface area contributed by atoms with Crippen LogP contribution in [0.15, 0.2) is 23.1 Å². The van der Waals surface area contributed by atoms with E-state index in [4.69, 9.17) is 5.11 Å². The zero-order valence-electron chi connectivity index (χ0n) is 7.91. The number of rotatable bonds is 1. The lowest BCUT2D eigenvalue weighted by atomic mass is 10.1. The number of carboxylic acids is 1. The van der Waals surface area contributed by atoms with E-state index >= 15 is 0 Å². The van der Waals surface area contributed by atoms with E-state index in [0.29, 0.717) is 10.5 Å². The maximum Gasteiger partial charge on any atom is 0.416 e. The van der Waals surface area contributed by atoms with Crippen LogP contribution in [0.4, 0.5) is 13.2 Å². The summed E-state index contributed by atoms with van der Waals surface area (Å²) >= 11 is 0.975. The fourth-order valence-corrected chi connectivity index (χ4v) is 2.71. The van der Waals surface area contributed by atoms with Crippen molar-refractivity contribution in [1.29, 1.82) is 0 Å². The van der Waals surface area contributed by atoms with Gasteiger partial charge in [0.25, 0.3) is 0 Å². The summed E-state index contributed by atoms with van der Waals surface area (Å²) in [6, 6.07) is 3.36. The van der Waals surface area contributed by atoms with Crippen LogP contribution in [0, 0.1) is 0 Å². The van der Waals surface area contributed by atoms with Crippen LogP contribution in [-0.4, -0.2) is 16.3 Å². The first-order chi connectivity index (χ1) is 7.38. The largest absolute Gasteiger partial charge is 0.480 e. The molecule has 1 aliphatic rings. The number of benzene rings is 1. The first-order valence-electron chi connectivity index (χ1n) is 4.47. The Bertz CT molecular complexity index is 442. The van der Waals surface area contributed by atoms with Crippen LogP contribution in [0.25, 0.3) is 0 Å². The highest BCUT2D eigenvalue weighted by Crippen LogP contribution is 2.40. The van der Waals surface area contributed by atoms with Gasteiger partial charge in [0.1, 0.15) is 5.25 Å². The van der Waals surface area contributed by atoms with Gasteiger partial charge in [-0.15, -0.1) is 11.8 Å². The zero-order chi connectivity index (χ0) is 11.9. The summed E-state index contributed by atoms with van der Waals surface area (Å²) < 4.78 is 37.2. The van der Waals surface area contributed by atoms with Crippen LogP contribution >= 0.6 is 11.8 Å². The number of hydrogen-bond donors (Lipinski definition) is 1. The fraction of sp³-hybridized carbons (Fsp3) is 0.300. The summed E-state index contributed by atoms with van der Waals surface area (Å²) in [5.41, 5.74) is -0.0600. The van der Waals surface area contributed by atoms with E-state index in [9.17, 15) is 18.0 Å². The molecule has 86 valence electrons. The molecule has 1 aliphatic heterocycles. The van der Waals surface area contributed by atoms with Gasteiger partial charge in [-0.2, -0.15) is 13.2 Å². The normalized spacial score (nSPS) is 19.6. The van der Waals surface area contributed by atoms with E-state index in [1.54, 1.807) is 0 Å². The number of aliphatic carboxylic acids is 1. The molecule has 1 heterocycles. The first kappa shape index (κ1) is 11.3. The van der Waals surface area contributed by atoms with E-state index in [-0.39, 0.29) is 6.42 Å². The Morgan fingerprint density at radius 2 is 2.12 bits per heavy atom. The Morgan fingerprint density at radius 3 is 2.69 bits per heavy atom. The number of fused-ring (bicyclic) bond motifs is 1. The number of halogens is 3. The second-order valence-corrected chi connectivity index (χ2v) is 4.71. The molecule has 1 unspecified atom stereocenters. The third-order valence-electron chi connectivity index (χ3n) is 2.34. The third-order valence-corrected chi connectivity index (χ3v) is 3.63. The van der Waals surface area contributed by atoms with E-state index < -0.39 is 23.0 Å². The minimum atomic E-state index is -4.38. The SMILES string of the molecule is O=C(O)C1Cc2ccc(C(F)(F)F)cc2S1. The summed E-state index contributed by atoms with van der Waals surface area (Å²) in [6.07, 6.45) is -4.09. The summed E-state index contributed by atoms with van der Waals surface area (Å²) in [4.78, 5) is 11.1. The van der Waals surface area contributed by atoms with Gasteiger partial charge in [-0.05, 0) is 24.1 Å². The third kappa shape index (κ3) is 2.02. The van der Waals surface area contributed by atoms with Gasteiger partial charge in [0.2, 0.25) is 0 Å². The highest BCUT2D eigenvalue weighted by molar-refractivity contribution is 8.01. The Labute approximate surface area is 93.5 Å². The average molecular weight is 248 g/mol. The minimum absolute atomic E-state index is 0.285. The molecular weight excluding hydrogens is 241 g/mol. The lowest BCUT2D eigenvalue weighted by Crippen LogP contribution is -2.14. The predicted molar refractivity (Wildman–Crippen MR) is 52.4 cm³/mol. The van der Waals surface area contributed by atoms with Crippen molar-refractivity contribution < 1.29 is 23.1 Å². The van der Waals surface area contributed by atoms with Gasteiger partial charge in [0.05, 0.1) is 5.56 Å². The molecule has 0 radical (unpaired) electrons. The number of carboxylic acid groups (broad SMARTS) is 1. The monoisotopic (exact) mass is 248 g/mol. The van der Waals surface area contributed by atoms with Crippen molar-refractivity contribution in [2.45, 2.75) is 22.7 Å². The van der Waals surface area contributed by atoms with E-state index in [1.165, 1.54) is 6.07 Å². The first-order valence-corrected chi connectivity index (χ1v) is 5.35. The Kier molecular flexibility index (Phi) is 2.61. The maximum absolute atomic E-state index is 12.4. The molecule has 1 atom stereocenters. The lowest BCUT2D eigenvalue weighted by molar-refractivity contribution is -0.138. The molecule has 2 nitrogen and oxygen atoms in total. The van der Waals surface area contributed by atoms with Crippen molar-refractivity contribution in [3.8, 4) is 0 Å². The zero-order valence-corrected chi connectivity index (χ0v) is 8.73. The minimum Gasteiger partial charge on any atom is -0.480 e. The molecule has 2 rings (SSSR count). The van der Waals surface area contributed by atoms with Crippen LogP contribution in [0.2, 0.25) is 0 Å². The van der Waals surface area contributed by atoms with Crippen molar-refractivity contribution in [2.24, 2.45) is 0 Å². The number of thioether (sulfide) groups is 1. The molecule has 0 saturated carbocycles. The molecule has 0 bridgehead atoms. The molecule has 1 aromatic carbocycles. The summed E-state index contributed by atoms with van der Waals surface area (Å²) in [5.74, 6) is -0.991. The van der Waals surface area contributed by atoms with Gasteiger partial charge in [0.15, 0.2) is 0 Å². The van der Waals surface area contributed by atoms with Crippen molar-refractivity contribution in [1.82, 2.24) is 0 Å². The second kappa shape index (κ2) is 3.69. The molecule has 0 saturated heterocycles. The van der Waals surface area contributed by atoms with E-state index in [0.717, 1.165) is 23.9 Å². The van der Waals surface area contributed by atoms with E-state index in [1.807, 2.05) is 0 Å². The van der Waals surface area contributed by atoms with Gasteiger partial charge in [-0.1, -0.05) is 6.07 Å². The van der Waals surface area contributed by atoms with Crippen molar-refractivity contribution >= 4 is 17.7 Å². The molecule has 6 heteroatoms. The molecule has 0 aromatic heterocycles. The Morgan fingerprint density at radius 1 is 1.44 bits per heavy atom.